The van der Waals surface area contributed by atoms with Gasteiger partial charge in [-0.1, -0.05) is 60.2 Å². The molecule has 4 rings (SSSR count). The van der Waals surface area contributed by atoms with Crippen molar-refractivity contribution in [2.24, 2.45) is 5.10 Å². The molecule has 0 unspecified atom stereocenters. The first-order chi connectivity index (χ1) is 15.1. The van der Waals surface area contributed by atoms with Gasteiger partial charge in [-0.3, -0.25) is 4.79 Å². The molecule has 0 saturated heterocycles. The van der Waals surface area contributed by atoms with Crippen molar-refractivity contribution < 1.29 is 13.9 Å². The second kappa shape index (κ2) is 9.22. The number of aryl methyl sites for hydroxylation is 1. The van der Waals surface area contributed by atoms with Gasteiger partial charge in [0.05, 0.1) is 6.21 Å². The van der Waals surface area contributed by atoms with Crippen molar-refractivity contribution in [3.63, 3.8) is 0 Å². The van der Waals surface area contributed by atoms with Crippen LogP contribution in [0.2, 0.25) is 0 Å². The molecule has 0 spiro atoms. The molecule has 1 amide bonds. The Morgan fingerprint density at radius 2 is 1.71 bits per heavy atom. The number of hydrogen-bond acceptors (Lipinski definition) is 3. The van der Waals surface area contributed by atoms with Crippen LogP contribution in [-0.2, 0) is 6.61 Å². The van der Waals surface area contributed by atoms with Gasteiger partial charge in [0.1, 0.15) is 18.2 Å². The number of nitrogens with zero attached hydrogens (tertiary/aromatic N) is 1. The molecule has 0 heterocycles. The molecule has 31 heavy (non-hydrogen) atoms. The van der Waals surface area contributed by atoms with Crippen LogP contribution < -0.4 is 10.2 Å². The Labute approximate surface area is 180 Å². The van der Waals surface area contributed by atoms with E-state index >= 15 is 0 Å². The molecular formula is C26H21FN2O2. The Morgan fingerprint density at radius 3 is 2.48 bits per heavy atom. The van der Waals surface area contributed by atoms with Gasteiger partial charge < -0.3 is 4.74 Å². The standard InChI is InChI=1S/C26H21FN2O2/c1-18-6-8-19(9-7-18)17-31-25-15-12-20-4-2-3-5-23(20)24(25)16-28-29-26(30)21-10-13-22(27)14-11-21/h2-16H,17H2,1H3,(H,29,30)/b28-16-. The third-order valence-electron chi connectivity index (χ3n) is 4.91. The fourth-order valence-electron chi connectivity index (χ4n) is 3.20. The quantitative estimate of drug-likeness (QED) is 0.330. The molecule has 0 bridgehead atoms. The Morgan fingerprint density at radius 1 is 0.968 bits per heavy atom. The minimum absolute atomic E-state index is 0.326. The lowest BCUT2D eigenvalue weighted by Crippen LogP contribution is -2.17. The number of hydrazone groups is 1. The monoisotopic (exact) mass is 412 g/mol. The molecule has 0 saturated carbocycles. The van der Waals surface area contributed by atoms with Crippen LogP contribution in [-0.4, -0.2) is 12.1 Å². The van der Waals surface area contributed by atoms with Crippen LogP contribution in [0.15, 0.2) is 90.0 Å². The van der Waals surface area contributed by atoms with Crippen molar-refractivity contribution in [2.45, 2.75) is 13.5 Å². The first-order valence-electron chi connectivity index (χ1n) is 9.89. The van der Waals surface area contributed by atoms with Gasteiger partial charge in [-0.05, 0) is 53.6 Å². The van der Waals surface area contributed by atoms with E-state index in [9.17, 15) is 9.18 Å². The fraction of sp³-hybridized carbons (Fsp3) is 0.0769. The normalized spacial score (nSPS) is 11.0. The smallest absolute Gasteiger partial charge is 0.271 e. The average Bonchev–Trinajstić information content (AvgIpc) is 2.79. The number of rotatable bonds is 6. The van der Waals surface area contributed by atoms with Crippen LogP contribution in [0, 0.1) is 12.7 Å². The van der Waals surface area contributed by atoms with Crippen LogP contribution in [0.3, 0.4) is 0 Å². The average molecular weight is 412 g/mol. The molecule has 0 radical (unpaired) electrons. The number of carbonyl (C=O) groups excluding carboxylic acids is 1. The Bertz CT molecular complexity index is 1230. The maximum absolute atomic E-state index is 13.1. The number of amides is 1. The van der Waals surface area contributed by atoms with Crippen molar-refractivity contribution in [1.29, 1.82) is 0 Å². The van der Waals surface area contributed by atoms with E-state index in [4.69, 9.17) is 4.74 Å². The summed E-state index contributed by atoms with van der Waals surface area (Å²) in [5, 5.41) is 6.12. The van der Waals surface area contributed by atoms with Gasteiger partial charge in [-0.25, -0.2) is 9.82 Å². The predicted molar refractivity (Wildman–Crippen MR) is 121 cm³/mol. The lowest BCUT2D eigenvalue weighted by Gasteiger charge is -2.12. The lowest BCUT2D eigenvalue weighted by atomic mass is 10.0. The van der Waals surface area contributed by atoms with Gasteiger partial charge >= 0.3 is 0 Å². The Hall–Kier alpha value is -3.99. The third kappa shape index (κ3) is 4.95. The summed E-state index contributed by atoms with van der Waals surface area (Å²) in [5.41, 5.74) is 5.84. The molecule has 4 aromatic carbocycles. The van der Waals surface area contributed by atoms with Crippen LogP contribution in [0.5, 0.6) is 5.75 Å². The van der Waals surface area contributed by atoms with E-state index in [1.54, 1.807) is 6.21 Å². The molecule has 154 valence electrons. The van der Waals surface area contributed by atoms with Crippen LogP contribution in [0.1, 0.15) is 27.0 Å². The number of carbonyl (C=O) groups is 1. The van der Waals surface area contributed by atoms with E-state index in [1.807, 2.05) is 67.6 Å². The highest BCUT2D eigenvalue weighted by atomic mass is 19.1. The maximum atomic E-state index is 13.1. The number of hydrogen-bond donors (Lipinski definition) is 1. The minimum atomic E-state index is -0.418. The SMILES string of the molecule is Cc1ccc(COc2ccc3ccccc3c2/C=N\NC(=O)c2ccc(F)cc2)cc1. The van der Waals surface area contributed by atoms with Gasteiger partial charge in [0.25, 0.3) is 5.91 Å². The van der Waals surface area contributed by atoms with E-state index in [-0.39, 0.29) is 0 Å². The second-order valence-electron chi connectivity index (χ2n) is 7.18. The van der Waals surface area contributed by atoms with E-state index in [2.05, 4.69) is 10.5 Å². The zero-order valence-electron chi connectivity index (χ0n) is 17.0. The molecular weight excluding hydrogens is 391 g/mol. The van der Waals surface area contributed by atoms with Gasteiger partial charge in [0, 0.05) is 11.1 Å². The highest BCUT2D eigenvalue weighted by molar-refractivity contribution is 6.03. The molecule has 4 aromatic rings. The first-order valence-corrected chi connectivity index (χ1v) is 9.89. The van der Waals surface area contributed by atoms with Gasteiger partial charge in [0.2, 0.25) is 0 Å². The number of halogens is 1. The summed E-state index contributed by atoms with van der Waals surface area (Å²) in [6, 6.07) is 25.3. The fourth-order valence-corrected chi connectivity index (χ4v) is 3.20. The highest BCUT2D eigenvalue weighted by Crippen LogP contribution is 2.27. The summed E-state index contributed by atoms with van der Waals surface area (Å²) >= 11 is 0. The second-order valence-corrected chi connectivity index (χ2v) is 7.18. The van der Waals surface area contributed by atoms with Crippen molar-refractivity contribution in [3.8, 4) is 5.75 Å². The maximum Gasteiger partial charge on any atom is 0.271 e. The summed E-state index contributed by atoms with van der Waals surface area (Å²) in [7, 11) is 0. The summed E-state index contributed by atoms with van der Waals surface area (Å²) < 4.78 is 19.1. The molecule has 1 N–H and O–H groups in total. The van der Waals surface area contributed by atoms with E-state index in [0.717, 1.165) is 21.9 Å². The van der Waals surface area contributed by atoms with Crippen LogP contribution >= 0.6 is 0 Å². The van der Waals surface area contributed by atoms with E-state index in [1.165, 1.54) is 29.8 Å². The van der Waals surface area contributed by atoms with Gasteiger partial charge in [0.15, 0.2) is 0 Å². The first kappa shape index (κ1) is 20.3. The Kier molecular flexibility index (Phi) is 6.03. The summed E-state index contributed by atoms with van der Waals surface area (Å²) in [4.78, 5) is 12.3. The molecule has 4 nitrogen and oxygen atoms in total. The Balaban J connectivity index is 1.57. The number of benzene rings is 4. The van der Waals surface area contributed by atoms with E-state index < -0.39 is 11.7 Å². The predicted octanol–water partition coefficient (Wildman–Crippen LogP) is 5.63. The molecule has 0 aliphatic heterocycles. The van der Waals surface area contributed by atoms with Crippen molar-refractivity contribution in [2.75, 3.05) is 0 Å². The third-order valence-corrected chi connectivity index (χ3v) is 4.91. The topological polar surface area (TPSA) is 50.7 Å². The lowest BCUT2D eigenvalue weighted by molar-refractivity contribution is 0.0955. The van der Waals surface area contributed by atoms with Crippen molar-refractivity contribution in [1.82, 2.24) is 5.43 Å². The minimum Gasteiger partial charge on any atom is -0.488 e. The number of nitrogens with one attached hydrogen (secondary N) is 1. The van der Waals surface area contributed by atoms with Crippen molar-refractivity contribution >= 4 is 22.9 Å². The van der Waals surface area contributed by atoms with Crippen molar-refractivity contribution in [3.05, 3.63) is 113 Å². The van der Waals surface area contributed by atoms with Crippen LogP contribution in [0.4, 0.5) is 4.39 Å². The molecule has 5 heteroatoms. The largest absolute Gasteiger partial charge is 0.488 e. The summed E-state index contributed by atoms with van der Waals surface area (Å²) in [5.74, 6) is -0.149. The molecule has 0 fully saturated rings. The van der Waals surface area contributed by atoms with E-state index in [0.29, 0.717) is 17.9 Å². The zero-order valence-corrected chi connectivity index (χ0v) is 17.0. The number of fused-ring (bicyclic) bond motifs is 1. The molecule has 0 aliphatic rings. The molecule has 0 atom stereocenters. The molecule has 0 aliphatic carbocycles. The van der Waals surface area contributed by atoms with Crippen LogP contribution in [0.25, 0.3) is 10.8 Å². The number of ether oxygens (including phenoxy) is 1. The summed E-state index contributed by atoms with van der Waals surface area (Å²) in [6.07, 6.45) is 1.58. The molecule has 0 aromatic heterocycles. The summed E-state index contributed by atoms with van der Waals surface area (Å²) in [6.45, 7) is 2.46. The zero-order chi connectivity index (χ0) is 21.6. The van der Waals surface area contributed by atoms with Gasteiger partial charge in [-0.15, -0.1) is 0 Å². The van der Waals surface area contributed by atoms with Gasteiger partial charge in [-0.2, -0.15) is 5.10 Å². The highest BCUT2D eigenvalue weighted by Gasteiger charge is 2.09.